The van der Waals surface area contributed by atoms with Crippen molar-refractivity contribution in [3.8, 4) is 0 Å². The van der Waals surface area contributed by atoms with E-state index >= 15 is 0 Å². The third-order valence-corrected chi connectivity index (χ3v) is 4.35. The van der Waals surface area contributed by atoms with Crippen LogP contribution in [0.4, 0.5) is 8.78 Å². The second-order valence-electron chi connectivity index (χ2n) is 6.01. The molecule has 0 heterocycles. The monoisotopic (exact) mass is 297 g/mol. The molecule has 1 nitrogen and oxygen atoms in total. The quantitative estimate of drug-likeness (QED) is 0.593. The number of rotatable bonds is 10. The zero-order valence-electron chi connectivity index (χ0n) is 13.6. The van der Waals surface area contributed by atoms with E-state index in [0.717, 1.165) is 45.2 Å². The highest BCUT2D eigenvalue weighted by Gasteiger charge is 2.30. The van der Waals surface area contributed by atoms with Crippen LogP contribution in [0.1, 0.15) is 58.4 Å². The predicted molar refractivity (Wildman–Crippen MR) is 85.5 cm³/mol. The maximum absolute atomic E-state index is 14.0. The minimum Gasteiger partial charge on any atom is -0.316 e. The summed E-state index contributed by atoms with van der Waals surface area (Å²) in [7, 11) is 0. The van der Waals surface area contributed by atoms with Crippen LogP contribution in [0, 0.1) is 17.0 Å². The highest BCUT2D eigenvalue weighted by Crippen LogP contribution is 2.34. The van der Waals surface area contributed by atoms with E-state index in [1.54, 1.807) is 0 Å². The minimum absolute atomic E-state index is 0.0613. The van der Waals surface area contributed by atoms with E-state index in [9.17, 15) is 8.78 Å². The van der Waals surface area contributed by atoms with Gasteiger partial charge in [0, 0.05) is 12.1 Å². The zero-order valence-corrected chi connectivity index (χ0v) is 13.6. The van der Waals surface area contributed by atoms with Gasteiger partial charge in [-0.1, -0.05) is 39.7 Å². The molecule has 1 unspecified atom stereocenters. The lowest BCUT2D eigenvalue weighted by molar-refractivity contribution is 0.224. The van der Waals surface area contributed by atoms with E-state index < -0.39 is 11.6 Å². The normalized spacial score (nSPS) is 14.1. The number of hydrogen-bond acceptors (Lipinski definition) is 1. The summed E-state index contributed by atoms with van der Waals surface area (Å²) in [5.41, 5.74) is 0.183. The molecule has 0 amide bonds. The summed E-state index contributed by atoms with van der Waals surface area (Å²) in [5, 5.41) is 3.45. The molecule has 0 aliphatic carbocycles. The van der Waals surface area contributed by atoms with Crippen molar-refractivity contribution in [1.29, 1.82) is 0 Å². The van der Waals surface area contributed by atoms with Gasteiger partial charge >= 0.3 is 0 Å². The van der Waals surface area contributed by atoms with E-state index in [-0.39, 0.29) is 11.0 Å². The Hall–Kier alpha value is -0.960. The summed E-state index contributed by atoms with van der Waals surface area (Å²) in [6.07, 6.45) is 5.68. The largest absolute Gasteiger partial charge is 0.316 e. The minimum atomic E-state index is -0.417. The SMILES string of the molecule is CCCCC(CC)(CNCCC)Cc1c(F)cccc1F. The molecule has 1 N–H and O–H groups in total. The van der Waals surface area contributed by atoms with Gasteiger partial charge < -0.3 is 5.32 Å². The molecule has 3 heteroatoms. The van der Waals surface area contributed by atoms with Gasteiger partial charge in [-0.15, -0.1) is 0 Å². The summed E-state index contributed by atoms with van der Waals surface area (Å²) in [6, 6.07) is 4.15. The maximum atomic E-state index is 14.0. The van der Waals surface area contributed by atoms with Crippen molar-refractivity contribution in [3.63, 3.8) is 0 Å². The Kier molecular flexibility index (Phi) is 7.87. The fourth-order valence-corrected chi connectivity index (χ4v) is 2.82. The summed E-state index contributed by atoms with van der Waals surface area (Å²) in [5.74, 6) is -0.834. The van der Waals surface area contributed by atoms with Crippen LogP contribution in [0.2, 0.25) is 0 Å². The second-order valence-corrected chi connectivity index (χ2v) is 6.01. The first-order valence-corrected chi connectivity index (χ1v) is 8.22. The van der Waals surface area contributed by atoms with Crippen molar-refractivity contribution in [2.75, 3.05) is 13.1 Å². The molecule has 21 heavy (non-hydrogen) atoms. The van der Waals surface area contributed by atoms with E-state index in [2.05, 4.69) is 26.1 Å². The Balaban J connectivity index is 2.93. The molecule has 1 aromatic carbocycles. The lowest BCUT2D eigenvalue weighted by Gasteiger charge is -2.34. The van der Waals surface area contributed by atoms with Crippen LogP contribution in [0.25, 0.3) is 0 Å². The highest BCUT2D eigenvalue weighted by atomic mass is 19.1. The van der Waals surface area contributed by atoms with Crippen LogP contribution < -0.4 is 5.32 Å². The van der Waals surface area contributed by atoms with Gasteiger partial charge in [0.1, 0.15) is 11.6 Å². The fraction of sp³-hybridized carbons (Fsp3) is 0.667. The summed E-state index contributed by atoms with van der Waals surface area (Å²) < 4.78 is 27.9. The standard InChI is InChI=1S/C18H29F2N/c1-4-7-11-18(6-3,14-21-12-5-2)13-15-16(19)9-8-10-17(15)20/h8-10,21H,4-7,11-14H2,1-3H3. The van der Waals surface area contributed by atoms with Crippen LogP contribution in [0.3, 0.4) is 0 Å². The average molecular weight is 297 g/mol. The van der Waals surface area contributed by atoms with Gasteiger partial charge in [0.05, 0.1) is 0 Å². The molecular formula is C18H29F2N. The van der Waals surface area contributed by atoms with Crippen molar-refractivity contribution in [2.24, 2.45) is 5.41 Å². The Morgan fingerprint density at radius 1 is 1.05 bits per heavy atom. The van der Waals surface area contributed by atoms with E-state index in [1.165, 1.54) is 18.2 Å². The molecule has 0 bridgehead atoms. The van der Waals surface area contributed by atoms with Gasteiger partial charge in [-0.25, -0.2) is 8.78 Å². The Labute approximate surface area is 128 Å². The van der Waals surface area contributed by atoms with Crippen LogP contribution in [0.5, 0.6) is 0 Å². The summed E-state index contributed by atoms with van der Waals surface area (Å²) in [4.78, 5) is 0. The first-order chi connectivity index (χ1) is 10.1. The van der Waals surface area contributed by atoms with Crippen molar-refractivity contribution in [2.45, 2.75) is 59.3 Å². The zero-order chi connectivity index (χ0) is 15.7. The second kappa shape index (κ2) is 9.14. The topological polar surface area (TPSA) is 12.0 Å². The Morgan fingerprint density at radius 3 is 2.24 bits per heavy atom. The fourth-order valence-electron chi connectivity index (χ4n) is 2.82. The van der Waals surface area contributed by atoms with Gasteiger partial charge in [-0.05, 0) is 49.8 Å². The number of unbranched alkanes of at least 4 members (excludes halogenated alkanes) is 1. The molecule has 0 radical (unpaired) electrons. The molecule has 0 aromatic heterocycles. The van der Waals surface area contributed by atoms with Crippen molar-refractivity contribution in [3.05, 3.63) is 35.4 Å². The van der Waals surface area contributed by atoms with Gasteiger partial charge in [-0.3, -0.25) is 0 Å². The number of hydrogen-bond donors (Lipinski definition) is 1. The maximum Gasteiger partial charge on any atom is 0.129 e. The molecule has 0 aliphatic rings. The summed E-state index contributed by atoms with van der Waals surface area (Å²) >= 11 is 0. The smallest absolute Gasteiger partial charge is 0.129 e. The Morgan fingerprint density at radius 2 is 1.71 bits per heavy atom. The summed E-state index contributed by atoms with van der Waals surface area (Å²) in [6.45, 7) is 8.19. The van der Waals surface area contributed by atoms with Crippen LogP contribution >= 0.6 is 0 Å². The van der Waals surface area contributed by atoms with Crippen LogP contribution in [-0.2, 0) is 6.42 Å². The lowest BCUT2D eigenvalue weighted by Crippen LogP contribution is -2.36. The molecule has 0 fully saturated rings. The molecule has 0 saturated carbocycles. The molecule has 1 aromatic rings. The lowest BCUT2D eigenvalue weighted by atomic mass is 9.75. The molecule has 1 atom stereocenters. The highest BCUT2D eigenvalue weighted by molar-refractivity contribution is 5.21. The molecular weight excluding hydrogens is 268 g/mol. The van der Waals surface area contributed by atoms with Crippen molar-refractivity contribution >= 4 is 0 Å². The van der Waals surface area contributed by atoms with Crippen LogP contribution in [-0.4, -0.2) is 13.1 Å². The van der Waals surface area contributed by atoms with Crippen LogP contribution in [0.15, 0.2) is 18.2 Å². The predicted octanol–water partition coefficient (Wildman–Crippen LogP) is 5.09. The van der Waals surface area contributed by atoms with Crippen molar-refractivity contribution in [1.82, 2.24) is 5.32 Å². The third kappa shape index (κ3) is 5.39. The Bertz CT molecular complexity index is 399. The van der Waals surface area contributed by atoms with Gasteiger partial charge in [0.15, 0.2) is 0 Å². The van der Waals surface area contributed by atoms with Gasteiger partial charge in [-0.2, -0.15) is 0 Å². The van der Waals surface area contributed by atoms with E-state index in [4.69, 9.17) is 0 Å². The first kappa shape index (κ1) is 18.1. The average Bonchev–Trinajstić information content (AvgIpc) is 2.48. The van der Waals surface area contributed by atoms with Gasteiger partial charge in [0.2, 0.25) is 0 Å². The molecule has 1 rings (SSSR count). The number of benzene rings is 1. The van der Waals surface area contributed by atoms with Gasteiger partial charge in [0.25, 0.3) is 0 Å². The number of halogens is 2. The van der Waals surface area contributed by atoms with Crippen molar-refractivity contribution < 1.29 is 8.78 Å². The number of nitrogens with one attached hydrogen (secondary N) is 1. The molecule has 0 spiro atoms. The molecule has 0 saturated heterocycles. The third-order valence-electron chi connectivity index (χ3n) is 4.35. The molecule has 120 valence electrons. The van der Waals surface area contributed by atoms with E-state index in [1.807, 2.05) is 0 Å². The molecule has 0 aliphatic heterocycles. The first-order valence-electron chi connectivity index (χ1n) is 8.22. The van der Waals surface area contributed by atoms with E-state index in [0.29, 0.717) is 6.42 Å².